The van der Waals surface area contributed by atoms with Crippen LogP contribution in [-0.4, -0.2) is 50.3 Å². The number of methoxy groups -OCH3 is 1. The van der Waals surface area contributed by atoms with Gasteiger partial charge in [-0.3, -0.25) is 4.79 Å². The van der Waals surface area contributed by atoms with Crippen LogP contribution in [0.4, 0.5) is 0 Å². The Labute approximate surface area is 139 Å². The highest BCUT2D eigenvalue weighted by atomic mass is 79.9. The predicted molar refractivity (Wildman–Crippen MR) is 86.5 cm³/mol. The van der Waals surface area contributed by atoms with Crippen molar-refractivity contribution in [2.75, 3.05) is 33.4 Å². The molecule has 1 fully saturated rings. The van der Waals surface area contributed by atoms with Crippen LogP contribution in [0.5, 0.6) is 0 Å². The Hall–Kier alpha value is -0.660. The van der Waals surface area contributed by atoms with Crippen LogP contribution in [0.3, 0.4) is 0 Å². The Bertz CT molecular complexity index is 458. The molecule has 1 aliphatic heterocycles. The monoisotopic (exact) mass is 378 g/mol. The number of ether oxygens (including phenoxy) is 2. The summed E-state index contributed by atoms with van der Waals surface area (Å²) >= 11 is 3.41. The third kappa shape index (κ3) is 4.93. The number of hydrogen-bond donors (Lipinski definition) is 1. The standard InChI is InChI=1S/C14H19BrN2O3.ClH/c1-19-9-12(16)14(18)17-6-7-20-13(8-17)10-2-4-11(15)5-3-10;/h2-5,12-13H,6-9,16H2,1H3;1H. The Balaban J connectivity index is 0.00000220. The van der Waals surface area contributed by atoms with E-state index in [1.54, 1.807) is 4.90 Å². The van der Waals surface area contributed by atoms with Crippen molar-refractivity contribution in [3.8, 4) is 0 Å². The number of morpholine rings is 1. The van der Waals surface area contributed by atoms with Crippen LogP contribution in [0.25, 0.3) is 0 Å². The molecular weight excluding hydrogens is 360 g/mol. The number of nitrogens with two attached hydrogens (primary N) is 1. The number of amides is 1. The maximum atomic E-state index is 12.2. The van der Waals surface area contributed by atoms with Crippen molar-refractivity contribution in [1.29, 1.82) is 0 Å². The van der Waals surface area contributed by atoms with Gasteiger partial charge in [-0.05, 0) is 17.7 Å². The second-order valence-electron chi connectivity index (χ2n) is 4.76. The molecular formula is C14H20BrClN2O3. The van der Waals surface area contributed by atoms with Crippen LogP contribution in [0, 0.1) is 0 Å². The lowest BCUT2D eigenvalue weighted by Crippen LogP contribution is -2.50. The van der Waals surface area contributed by atoms with E-state index in [0.29, 0.717) is 19.7 Å². The third-order valence-corrected chi connectivity index (χ3v) is 3.81. The van der Waals surface area contributed by atoms with Crippen molar-refractivity contribution < 1.29 is 14.3 Å². The Kier molecular flexibility index (Phi) is 7.62. The SMILES string of the molecule is COCC(N)C(=O)N1CCOC(c2ccc(Br)cc2)C1.Cl. The lowest BCUT2D eigenvalue weighted by atomic mass is 10.1. The Morgan fingerprint density at radius 2 is 2.19 bits per heavy atom. The summed E-state index contributed by atoms with van der Waals surface area (Å²) in [6.45, 7) is 1.85. The van der Waals surface area contributed by atoms with Crippen LogP contribution in [0.15, 0.2) is 28.7 Å². The maximum absolute atomic E-state index is 12.2. The van der Waals surface area contributed by atoms with E-state index in [4.69, 9.17) is 15.2 Å². The highest BCUT2D eigenvalue weighted by Crippen LogP contribution is 2.24. The Morgan fingerprint density at radius 1 is 1.52 bits per heavy atom. The molecule has 1 aromatic carbocycles. The fourth-order valence-corrected chi connectivity index (χ4v) is 2.48. The van der Waals surface area contributed by atoms with Gasteiger partial charge in [0.05, 0.1) is 19.8 Å². The summed E-state index contributed by atoms with van der Waals surface area (Å²) in [5, 5.41) is 0. The fourth-order valence-electron chi connectivity index (χ4n) is 2.21. The van der Waals surface area contributed by atoms with Crippen molar-refractivity contribution >= 4 is 34.2 Å². The molecule has 5 nitrogen and oxygen atoms in total. The van der Waals surface area contributed by atoms with Gasteiger partial charge >= 0.3 is 0 Å². The molecule has 1 saturated heterocycles. The van der Waals surface area contributed by atoms with Gasteiger partial charge in [0, 0.05) is 18.1 Å². The summed E-state index contributed by atoms with van der Waals surface area (Å²) in [6, 6.07) is 7.32. The zero-order valence-electron chi connectivity index (χ0n) is 11.8. The first-order valence-corrected chi connectivity index (χ1v) is 7.31. The summed E-state index contributed by atoms with van der Waals surface area (Å²) in [4.78, 5) is 13.9. The second-order valence-corrected chi connectivity index (χ2v) is 5.67. The van der Waals surface area contributed by atoms with E-state index in [1.807, 2.05) is 24.3 Å². The number of nitrogens with zero attached hydrogens (tertiary/aromatic N) is 1. The van der Waals surface area contributed by atoms with Crippen LogP contribution < -0.4 is 5.73 Å². The molecule has 2 N–H and O–H groups in total. The average Bonchev–Trinajstić information content (AvgIpc) is 2.47. The topological polar surface area (TPSA) is 64.8 Å². The molecule has 0 aliphatic carbocycles. The quantitative estimate of drug-likeness (QED) is 0.865. The molecule has 0 saturated carbocycles. The molecule has 0 bridgehead atoms. The van der Waals surface area contributed by atoms with E-state index in [0.717, 1.165) is 10.0 Å². The number of carbonyl (C=O) groups excluding carboxylic acids is 1. The van der Waals surface area contributed by atoms with Gasteiger partial charge in [0.1, 0.15) is 12.1 Å². The number of halogens is 2. The molecule has 1 heterocycles. The molecule has 21 heavy (non-hydrogen) atoms. The van der Waals surface area contributed by atoms with E-state index < -0.39 is 6.04 Å². The van der Waals surface area contributed by atoms with Crippen LogP contribution in [-0.2, 0) is 14.3 Å². The zero-order chi connectivity index (χ0) is 14.5. The van der Waals surface area contributed by atoms with Crippen molar-refractivity contribution in [2.24, 2.45) is 5.73 Å². The molecule has 1 aromatic rings. The van der Waals surface area contributed by atoms with E-state index >= 15 is 0 Å². The Morgan fingerprint density at radius 3 is 2.81 bits per heavy atom. The summed E-state index contributed by atoms with van der Waals surface area (Å²) in [5.41, 5.74) is 6.86. The van der Waals surface area contributed by atoms with Gasteiger partial charge in [0.25, 0.3) is 0 Å². The van der Waals surface area contributed by atoms with Gasteiger partial charge in [0.15, 0.2) is 0 Å². The van der Waals surface area contributed by atoms with Crippen LogP contribution >= 0.6 is 28.3 Å². The van der Waals surface area contributed by atoms with E-state index in [1.165, 1.54) is 7.11 Å². The maximum Gasteiger partial charge on any atom is 0.242 e. The van der Waals surface area contributed by atoms with Crippen molar-refractivity contribution in [3.05, 3.63) is 34.3 Å². The molecule has 2 atom stereocenters. The van der Waals surface area contributed by atoms with Gasteiger partial charge in [0.2, 0.25) is 5.91 Å². The van der Waals surface area contributed by atoms with Gasteiger partial charge < -0.3 is 20.1 Å². The predicted octanol–water partition coefficient (Wildman–Crippen LogP) is 1.74. The van der Waals surface area contributed by atoms with Crippen LogP contribution in [0.2, 0.25) is 0 Å². The minimum atomic E-state index is -0.608. The molecule has 1 amide bonds. The highest BCUT2D eigenvalue weighted by molar-refractivity contribution is 9.10. The fraction of sp³-hybridized carbons (Fsp3) is 0.500. The van der Waals surface area contributed by atoms with Crippen molar-refractivity contribution in [1.82, 2.24) is 4.90 Å². The second kappa shape index (κ2) is 8.70. The summed E-state index contributed by atoms with van der Waals surface area (Å²) in [7, 11) is 1.54. The minimum absolute atomic E-state index is 0. The normalized spacial score (nSPS) is 19.8. The minimum Gasteiger partial charge on any atom is -0.383 e. The first-order valence-electron chi connectivity index (χ1n) is 6.52. The van der Waals surface area contributed by atoms with E-state index in [-0.39, 0.29) is 31.0 Å². The van der Waals surface area contributed by atoms with E-state index in [2.05, 4.69) is 15.9 Å². The van der Waals surface area contributed by atoms with Gasteiger partial charge in [-0.1, -0.05) is 28.1 Å². The van der Waals surface area contributed by atoms with Gasteiger partial charge in [-0.2, -0.15) is 0 Å². The number of carbonyl (C=O) groups is 1. The molecule has 1 aliphatic rings. The molecule has 0 aromatic heterocycles. The molecule has 2 unspecified atom stereocenters. The first-order chi connectivity index (χ1) is 9.61. The van der Waals surface area contributed by atoms with Crippen molar-refractivity contribution in [2.45, 2.75) is 12.1 Å². The smallest absolute Gasteiger partial charge is 0.242 e. The highest BCUT2D eigenvalue weighted by Gasteiger charge is 2.28. The largest absolute Gasteiger partial charge is 0.383 e. The number of benzene rings is 1. The summed E-state index contributed by atoms with van der Waals surface area (Å²) in [6.07, 6.45) is -0.101. The average molecular weight is 380 g/mol. The lowest BCUT2D eigenvalue weighted by molar-refractivity contribution is -0.141. The first kappa shape index (κ1) is 18.4. The molecule has 2 rings (SSSR count). The molecule has 0 spiro atoms. The van der Waals surface area contributed by atoms with Gasteiger partial charge in [-0.15, -0.1) is 12.4 Å². The van der Waals surface area contributed by atoms with Crippen LogP contribution in [0.1, 0.15) is 11.7 Å². The summed E-state index contributed by atoms with van der Waals surface area (Å²) < 4.78 is 11.7. The van der Waals surface area contributed by atoms with Crippen molar-refractivity contribution in [3.63, 3.8) is 0 Å². The molecule has 118 valence electrons. The number of rotatable bonds is 4. The molecule has 7 heteroatoms. The number of hydrogen-bond acceptors (Lipinski definition) is 4. The molecule has 0 radical (unpaired) electrons. The summed E-state index contributed by atoms with van der Waals surface area (Å²) in [5.74, 6) is -0.0859. The zero-order valence-corrected chi connectivity index (χ0v) is 14.2. The van der Waals surface area contributed by atoms with Gasteiger partial charge in [-0.25, -0.2) is 0 Å². The van der Waals surface area contributed by atoms with E-state index in [9.17, 15) is 4.79 Å². The third-order valence-electron chi connectivity index (χ3n) is 3.28. The lowest BCUT2D eigenvalue weighted by Gasteiger charge is -2.34.